The fourth-order valence-electron chi connectivity index (χ4n) is 1.46. The number of carbonyl (C=O) groups is 1. The van der Waals surface area contributed by atoms with E-state index in [9.17, 15) is 9.18 Å². The third-order valence-electron chi connectivity index (χ3n) is 2.29. The summed E-state index contributed by atoms with van der Waals surface area (Å²) in [5.74, 6) is -1.72. The van der Waals surface area contributed by atoms with Crippen LogP contribution in [0.4, 0.5) is 4.39 Å². The predicted octanol–water partition coefficient (Wildman–Crippen LogP) is 0.597. The molecule has 0 amide bonds. The Hall–Kier alpha value is -2.51. The molecule has 0 unspecified atom stereocenters. The fraction of sp³-hybridized carbons (Fsp3) is 0.200. The topological polar surface area (TPSA) is 79.1 Å². The number of aromatic nitrogens is 4. The Balaban J connectivity index is 2.67. The SMILES string of the molecule is COC(=O)c1c(-n2cnnn2)ccc(OC)c1F. The molecular weight excluding hydrogens is 243 g/mol. The summed E-state index contributed by atoms with van der Waals surface area (Å²) in [5, 5.41) is 10.4. The molecule has 0 atom stereocenters. The lowest BCUT2D eigenvalue weighted by atomic mass is 10.1. The Morgan fingerprint density at radius 1 is 1.39 bits per heavy atom. The van der Waals surface area contributed by atoms with Gasteiger partial charge in [-0.25, -0.2) is 9.18 Å². The molecule has 0 fully saturated rings. The van der Waals surface area contributed by atoms with E-state index in [1.54, 1.807) is 0 Å². The molecule has 0 saturated carbocycles. The molecule has 0 aliphatic rings. The highest BCUT2D eigenvalue weighted by Gasteiger charge is 2.23. The second kappa shape index (κ2) is 4.78. The minimum atomic E-state index is -0.836. The van der Waals surface area contributed by atoms with Crippen molar-refractivity contribution in [2.45, 2.75) is 0 Å². The van der Waals surface area contributed by atoms with Crippen molar-refractivity contribution >= 4 is 5.97 Å². The van der Waals surface area contributed by atoms with Gasteiger partial charge in [0.2, 0.25) is 0 Å². The second-order valence-electron chi connectivity index (χ2n) is 3.22. The highest BCUT2D eigenvalue weighted by atomic mass is 19.1. The number of ether oxygens (including phenoxy) is 2. The standard InChI is InChI=1S/C10H9FN4O3/c1-17-7-4-3-6(15-5-12-13-14-15)8(9(7)11)10(16)18-2/h3-5H,1-2H3. The molecule has 1 aromatic heterocycles. The van der Waals surface area contributed by atoms with Crippen molar-refractivity contribution in [2.24, 2.45) is 0 Å². The Labute approximate surface area is 101 Å². The van der Waals surface area contributed by atoms with Gasteiger partial charge in [-0.05, 0) is 22.6 Å². The number of carbonyl (C=O) groups excluding carboxylic acids is 1. The van der Waals surface area contributed by atoms with Crippen molar-refractivity contribution in [3.63, 3.8) is 0 Å². The fourth-order valence-corrected chi connectivity index (χ4v) is 1.46. The number of tetrazole rings is 1. The monoisotopic (exact) mass is 252 g/mol. The van der Waals surface area contributed by atoms with Crippen LogP contribution in [-0.2, 0) is 4.74 Å². The zero-order valence-corrected chi connectivity index (χ0v) is 9.62. The van der Waals surface area contributed by atoms with E-state index in [0.29, 0.717) is 0 Å². The van der Waals surface area contributed by atoms with Gasteiger partial charge in [-0.1, -0.05) is 0 Å². The Morgan fingerprint density at radius 3 is 2.72 bits per heavy atom. The molecule has 0 aliphatic carbocycles. The van der Waals surface area contributed by atoms with E-state index in [-0.39, 0.29) is 17.0 Å². The summed E-state index contributed by atoms with van der Waals surface area (Å²) in [6.45, 7) is 0. The summed E-state index contributed by atoms with van der Waals surface area (Å²) in [6, 6.07) is 2.84. The van der Waals surface area contributed by atoms with Crippen molar-refractivity contribution in [1.82, 2.24) is 20.2 Å². The minimum absolute atomic E-state index is 0.0628. The zero-order valence-electron chi connectivity index (χ0n) is 9.62. The average Bonchev–Trinajstić information content (AvgIpc) is 2.91. The zero-order chi connectivity index (χ0) is 13.1. The third-order valence-corrected chi connectivity index (χ3v) is 2.29. The van der Waals surface area contributed by atoms with Crippen molar-refractivity contribution in [2.75, 3.05) is 14.2 Å². The van der Waals surface area contributed by atoms with E-state index in [1.165, 1.54) is 25.6 Å². The molecule has 94 valence electrons. The van der Waals surface area contributed by atoms with Gasteiger partial charge in [0.25, 0.3) is 0 Å². The van der Waals surface area contributed by atoms with Gasteiger partial charge in [-0.3, -0.25) is 0 Å². The van der Waals surface area contributed by atoms with E-state index < -0.39 is 11.8 Å². The number of methoxy groups -OCH3 is 2. The molecule has 0 bridgehead atoms. The summed E-state index contributed by atoms with van der Waals surface area (Å²) in [6.07, 6.45) is 1.24. The van der Waals surface area contributed by atoms with Gasteiger partial charge in [0.05, 0.1) is 19.9 Å². The van der Waals surface area contributed by atoms with Crippen LogP contribution in [0.5, 0.6) is 5.75 Å². The molecule has 0 radical (unpaired) electrons. The van der Waals surface area contributed by atoms with E-state index in [4.69, 9.17) is 4.74 Å². The molecule has 0 aliphatic heterocycles. The average molecular weight is 252 g/mol. The maximum Gasteiger partial charge on any atom is 0.343 e. The molecule has 2 rings (SSSR count). The summed E-state index contributed by atoms with van der Waals surface area (Å²) in [7, 11) is 2.46. The number of benzene rings is 1. The van der Waals surface area contributed by atoms with Gasteiger partial charge in [-0.2, -0.15) is 4.68 Å². The first kappa shape index (κ1) is 12.0. The van der Waals surface area contributed by atoms with Crippen LogP contribution in [-0.4, -0.2) is 40.4 Å². The quantitative estimate of drug-likeness (QED) is 0.744. The molecule has 0 saturated heterocycles. The molecular formula is C10H9FN4O3. The van der Waals surface area contributed by atoms with Gasteiger partial charge < -0.3 is 9.47 Å². The third kappa shape index (κ3) is 1.88. The normalized spacial score (nSPS) is 10.2. The van der Waals surface area contributed by atoms with Crippen molar-refractivity contribution < 1.29 is 18.7 Å². The van der Waals surface area contributed by atoms with E-state index in [0.717, 1.165) is 11.8 Å². The van der Waals surface area contributed by atoms with Crippen LogP contribution in [0.25, 0.3) is 5.69 Å². The van der Waals surface area contributed by atoms with Gasteiger partial charge in [0.1, 0.15) is 11.9 Å². The van der Waals surface area contributed by atoms with E-state index in [1.807, 2.05) is 0 Å². The maximum absolute atomic E-state index is 14.1. The maximum atomic E-state index is 14.1. The molecule has 2 aromatic rings. The summed E-state index contributed by atoms with van der Waals surface area (Å²) in [4.78, 5) is 11.6. The van der Waals surface area contributed by atoms with Crippen molar-refractivity contribution in [1.29, 1.82) is 0 Å². The van der Waals surface area contributed by atoms with Gasteiger partial charge in [0.15, 0.2) is 11.6 Å². The predicted molar refractivity (Wildman–Crippen MR) is 57.0 cm³/mol. The first-order chi connectivity index (χ1) is 8.69. The Bertz CT molecular complexity index is 571. The minimum Gasteiger partial charge on any atom is -0.494 e. The Kier molecular flexibility index (Phi) is 3.18. The highest BCUT2D eigenvalue weighted by molar-refractivity contribution is 5.94. The van der Waals surface area contributed by atoms with Gasteiger partial charge in [0, 0.05) is 0 Å². The number of hydrogen-bond donors (Lipinski definition) is 0. The molecule has 7 nitrogen and oxygen atoms in total. The number of halogens is 1. The highest BCUT2D eigenvalue weighted by Crippen LogP contribution is 2.26. The smallest absolute Gasteiger partial charge is 0.343 e. The molecule has 8 heteroatoms. The first-order valence-electron chi connectivity index (χ1n) is 4.87. The van der Waals surface area contributed by atoms with Crippen LogP contribution < -0.4 is 4.74 Å². The van der Waals surface area contributed by atoms with Crippen LogP contribution in [0.15, 0.2) is 18.5 Å². The molecule has 0 N–H and O–H groups in total. The largest absolute Gasteiger partial charge is 0.494 e. The number of hydrogen-bond acceptors (Lipinski definition) is 6. The first-order valence-corrected chi connectivity index (χ1v) is 4.87. The summed E-state index contributed by atoms with van der Waals surface area (Å²) >= 11 is 0. The van der Waals surface area contributed by atoms with Crippen LogP contribution in [0.3, 0.4) is 0 Å². The van der Waals surface area contributed by atoms with Crippen LogP contribution in [0.1, 0.15) is 10.4 Å². The summed E-state index contributed by atoms with van der Waals surface area (Å²) < 4.78 is 24.6. The van der Waals surface area contributed by atoms with Crippen LogP contribution in [0, 0.1) is 5.82 Å². The van der Waals surface area contributed by atoms with Crippen LogP contribution >= 0.6 is 0 Å². The van der Waals surface area contributed by atoms with E-state index >= 15 is 0 Å². The number of rotatable bonds is 3. The molecule has 1 heterocycles. The van der Waals surface area contributed by atoms with Crippen molar-refractivity contribution in [3.05, 3.63) is 29.8 Å². The molecule has 18 heavy (non-hydrogen) atoms. The molecule has 0 spiro atoms. The lowest BCUT2D eigenvalue weighted by Gasteiger charge is -2.10. The van der Waals surface area contributed by atoms with Gasteiger partial charge in [-0.15, -0.1) is 5.10 Å². The second-order valence-corrected chi connectivity index (χ2v) is 3.22. The van der Waals surface area contributed by atoms with E-state index in [2.05, 4.69) is 20.3 Å². The molecule has 1 aromatic carbocycles. The lowest BCUT2D eigenvalue weighted by molar-refractivity contribution is 0.0594. The summed E-state index contributed by atoms with van der Waals surface area (Å²) in [5.41, 5.74) is -0.116. The number of nitrogens with zero attached hydrogens (tertiary/aromatic N) is 4. The Morgan fingerprint density at radius 2 is 2.17 bits per heavy atom. The van der Waals surface area contributed by atoms with Crippen LogP contribution in [0.2, 0.25) is 0 Å². The van der Waals surface area contributed by atoms with Gasteiger partial charge >= 0.3 is 5.97 Å². The lowest BCUT2D eigenvalue weighted by Crippen LogP contribution is -2.12. The van der Waals surface area contributed by atoms with Crippen molar-refractivity contribution in [3.8, 4) is 11.4 Å². The number of esters is 1.